The Labute approximate surface area is 96.9 Å². The molecule has 0 atom stereocenters. The molecule has 0 bridgehead atoms. The van der Waals surface area contributed by atoms with Crippen LogP contribution in [0.1, 0.15) is 16.8 Å². The van der Waals surface area contributed by atoms with Crippen LogP contribution in [0.4, 0.5) is 0 Å². The van der Waals surface area contributed by atoms with Gasteiger partial charge in [-0.3, -0.25) is 9.59 Å². The number of ether oxygens (including phenoxy) is 1. The van der Waals surface area contributed by atoms with Crippen LogP contribution in [-0.2, 0) is 9.53 Å². The molecule has 0 saturated heterocycles. The highest BCUT2D eigenvalue weighted by Gasteiger charge is 2.15. The standard InChI is InChI=1S/C10H8Cl2O3/c1-15-10(14)5-9(13)7-4-6(11)2-3-8(7)12/h2-4H,5H2,1H3. The molecule has 0 aliphatic heterocycles. The maximum absolute atomic E-state index is 11.5. The molecule has 1 aromatic rings. The molecule has 0 aromatic heterocycles. The molecule has 1 aromatic carbocycles. The Kier molecular flexibility index (Phi) is 4.12. The Morgan fingerprint density at radius 3 is 2.60 bits per heavy atom. The zero-order chi connectivity index (χ0) is 11.4. The quantitative estimate of drug-likeness (QED) is 0.468. The second kappa shape index (κ2) is 5.14. The fourth-order valence-corrected chi connectivity index (χ4v) is 1.40. The van der Waals surface area contributed by atoms with Gasteiger partial charge in [0, 0.05) is 10.6 Å². The molecule has 0 spiro atoms. The molecule has 0 N–H and O–H groups in total. The third-order valence-electron chi connectivity index (χ3n) is 1.76. The van der Waals surface area contributed by atoms with Crippen LogP contribution >= 0.6 is 23.2 Å². The minimum Gasteiger partial charge on any atom is -0.469 e. The Bertz CT molecular complexity index is 402. The molecule has 0 saturated carbocycles. The highest BCUT2D eigenvalue weighted by atomic mass is 35.5. The summed E-state index contributed by atoms with van der Waals surface area (Å²) in [6, 6.07) is 4.50. The monoisotopic (exact) mass is 246 g/mol. The maximum atomic E-state index is 11.5. The molecular formula is C10H8Cl2O3. The Hall–Kier alpha value is -1.06. The van der Waals surface area contributed by atoms with E-state index in [0.29, 0.717) is 5.02 Å². The number of carbonyl (C=O) groups excluding carboxylic acids is 2. The van der Waals surface area contributed by atoms with Gasteiger partial charge in [0.15, 0.2) is 5.78 Å². The highest BCUT2D eigenvalue weighted by molar-refractivity contribution is 6.36. The number of ketones is 1. The van der Waals surface area contributed by atoms with Crippen LogP contribution in [0.3, 0.4) is 0 Å². The van der Waals surface area contributed by atoms with Gasteiger partial charge in [0.25, 0.3) is 0 Å². The zero-order valence-electron chi connectivity index (χ0n) is 7.92. The van der Waals surface area contributed by atoms with Gasteiger partial charge in [-0.2, -0.15) is 0 Å². The van der Waals surface area contributed by atoms with Crippen molar-refractivity contribution in [1.82, 2.24) is 0 Å². The number of methoxy groups -OCH3 is 1. The van der Waals surface area contributed by atoms with Gasteiger partial charge >= 0.3 is 5.97 Å². The summed E-state index contributed by atoms with van der Waals surface area (Å²) in [6.45, 7) is 0. The summed E-state index contributed by atoms with van der Waals surface area (Å²) in [5, 5.41) is 0.668. The van der Waals surface area contributed by atoms with Crippen molar-refractivity contribution >= 4 is 35.0 Å². The second-order valence-corrected chi connectivity index (χ2v) is 3.64. The molecule has 0 radical (unpaired) electrons. The average molecular weight is 247 g/mol. The number of Topliss-reactive ketones (excluding diaryl/α,β-unsaturated/α-hetero) is 1. The molecule has 0 fully saturated rings. The SMILES string of the molecule is COC(=O)CC(=O)c1cc(Cl)ccc1Cl. The first-order chi connectivity index (χ1) is 7.04. The van der Waals surface area contributed by atoms with Crippen LogP contribution in [-0.4, -0.2) is 18.9 Å². The summed E-state index contributed by atoms with van der Waals surface area (Å²) in [5.74, 6) is -1.01. The molecule has 0 unspecified atom stereocenters. The summed E-state index contributed by atoms with van der Waals surface area (Å²) in [6.07, 6.45) is -0.337. The van der Waals surface area contributed by atoms with E-state index in [2.05, 4.69) is 4.74 Å². The molecule has 5 heteroatoms. The Morgan fingerprint density at radius 2 is 2.00 bits per heavy atom. The molecule has 3 nitrogen and oxygen atoms in total. The lowest BCUT2D eigenvalue weighted by Crippen LogP contribution is -2.09. The van der Waals surface area contributed by atoms with Crippen LogP contribution in [0.25, 0.3) is 0 Å². The van der Waals surface area contributed by atoms with Crippen LogP contribution in [0, 0.1) is 0 Å². The van der Waals surface area contributed by atoms with Crippen molar-refractivity contribution in [2.75, 3.05) is 7.11 Å². The van der Waals surface area contributed by atoms with Crippen LogP contribution in [0.2, 0.25) is 10.0 Å². The predicted octanol–water partition coefficient (Wildman–Crippen LogP) is 2.74. The van der Waals surface area contributed by atoms with Crippen molar-refractivity contribution in [3.05, 3.63) is 33.8 Å². The van der Waals surface area contributed by atoms with E-state index < -0.39 is 11.8 Å². The number of halogens is 2. The van der Waals surface area contributed by atoms with E-state index in [1.165, 1.54) is 19.2 Å². The van der Waals surface area contributed by atoms with Crippen molar-refractivity contribution in [1.29, 1.82) is 0 Å². The first-order valence-electron chi connectivity index (χ1n) is 4.09. The second-order valence-electron chi connectivity index (χ2n) is 2.80. The van der Waals surface area contributed by atoms with E-state index >= 15 is 0 Å². The maximum Gasteiger partial charge on any atom is 0.313 e. The molecule has 15 heavy (non-hydrogen) atoms. The lowest BCUT2D eigenvalue weighted by atomic mass is 10.1. The van der Waals surface area contributed by atoms with Gasteiger partial charge in [-0.05, 0) is 18.2 Å². The van der Waals surface area contributed by atoms with E-state index in [4.69, 9.17) is 23.2 Å². The summed E-state index contributed by atoms with van der Waals surface area (Å²) in [4.78, 5) is 22.4. The minimum atomic E-state index is -0.601. The van der Waals surface area contributed by atoms with Gasteiger partial charge in [0.2, 0.25) is 0 Å². The molecule has 0 aliphatic carbocycles. The lowest BCUT2D eigenvalue weighted by molar-refractivity contribution is -0.139. The topological polar surface area (TPSA) is 43.4 Å². The third kappa shape index (κ3) is 3.22. The number of hydrogen-bond acceptors (Lipinski definition) is 3. The molecule has 0 amide bonds. The normalized spacial score (nSPS) is 9.80. The lowest BCUT2D eigenvalue weighted by Gasteiger charge is -2.02. The summed E-state index contributed by atoms with van der Waals surface area (Å²) >= 11 is 11.5. The van der Waals surface area contributed by atoms with Gasteiger partial charge in [-0.15, -0.1) is 0 Å². The van der Waals surface area contributed by atoms with Crippen molar-refractivity contribution in [3.8, 4) is 0 Å². The minimum absolute atomic E-state index is 0.231. The summed E-state index contributed by atoms with van der Waals surface area (Å²) in [7, 11) is 1.22. The average Bonchev–Trinajstić information content (AvgIpc) is 2.21. The molecule has 80 valence electrons. The fraction of sp³-hybridized carbons (Fsp3) is 0.200. The summed E-state index contributed by atoms with van der Waals surface area (Å²) in [5.41, 5.74) is 0.231. The Balaban J connectivity index is 2.91. The first kappa shape index (κ1) is 12.0. The number of hydrogen-bond donors (Lipinski definition) is 0. The highest BCUT2D eigenvalue weighted by Crippen LogP contribution is 2.21. The van der Waals surface area contributed by atoms with Crippen LogP contribution in [0.15, 0.2) is 18.2 Å². The van der Waals surface area contributed by atoms with Gasteiger partial charge in [-0.25, -0.2) is 0 Å². The largest absolute Gasteiger partial charge is 0.469 e. The van der Waals surface area contributed by atoms with Crippen molar-refractivity contribution in [3.63, 3.8) is 0 Å². The van der Waals surface area contributed by atoms with E-state index in [-0.39, 0.29) is 17.0 Å². The van der Waals surface area contributed by atoms with E-state index in [9.17, 15) is 9.59 Å². The van der Waals surface area contributed by atoms with Gasteiger partial charge in [0.1, 0.15) is 6.42 Å². The zero-order valence-corrected chi connectivity index (χ0v) is 9.43. The summed E-state index contributed by atoms with van der Waals surface area (Å²) < 4.78 is 4.38. The van der Waals surface area contributed by atoms with Gasteiger partial charge in [-0.1, -0.05) is 23.2 Å². The number of rotatable bonds is 3. The molecule has 0 heterocycles. The molecule has 0 aliphatic rings. The Morgan fingerprint density at radius 1 is 1.33 bits per heavy atom. The van der Waals surface area contributed by atoms with Crippen molar-refractivity contribution in [2.45, 2.75) is 6.42 Å². The molecule has 1 rings (SSSR count). The fourth-order valence-electron chi connectivity index (χ4n) is 1.01. The van der Waals surface area contributed by atoms with E-state index in [1.54, 1.807) is 6.07 Å². The number of esters is 1. The first-order valence-corrected chi connectivity index (χ1v) is 4.85. The van der Waals surface area contributed by atoms with Crippen molar-refractivity contribution < 1.29 is 14.3 Å². The number of benzene rings is 1. The van der Waals surface area contributed by atoms with Crippen LogP contribution in [0.5, 0.6) is 0 Å². The van der Waals surface area contributed by atoms with Crippen molar-refractivity contribution in [2.24, 2.45) is 0 Å². The van der Waals surface area contributed by atoms with Crippen LogP contribution < -0.4 is 0 Å². The van der Waals surface area contributed by atoms with E-state index in [0.717, 1.165) is 0 Å². The third-order valence-corrected chi connectivity index (χ3v) is 2.33. The number of carbonyl (C=O) groups is 2. The molecular weight excluding hydrogens is 239 g/mol. The smallest absolute Gasteiger partial charge is 0.313 e. The predicted molar refractivity (Wildman–Crippen MR) is 57.4 cm³/mol. The van der Waals surface area contributed by atoms with Gasteiger partial charge < -0.3 is 4.74 Å². The van der Waals surface area contributed by atoms with E-state index in [1.807, 2.05) is 0 Å². The van der Waals surface area contributed by atoms with Gasteiger partial charge in [0.05, 0.1) is 12.1 Å².